The van der Waals surface area contributed by atoms with E-state index in [-0.39, 0.29) is 5.92 Å². The van der Waals surface area contributed by atoms with Crippen LogP contribution in [-0.2, 0) is 0 Å². The van der Waals surface area contributed by atoms with Crippen LogP contribution in [0, 0.1) is 0 Å². The Labute approximate surface area is 123 Å². The highest BCUT2D eigenvalue weighted by atomic mass is 79.9. The minimum Gasteiger partial charge on any atom is -0.388 e. The summed E-state index contributed by atoms with van der Waals surface area (Å²) in [7, 11) is 0. The molecule has 1 aromatic heterocycles. The van der Waals surface area contributed by atoms with E-state index in [9.17, 15) is 5.11 Å². The smallest absolute Gasteiger partial charge is 0.0871 e. The molecule has 0 fully saturated rings. The molecule has 1 N–H and O–H groups in total. The van der Waals surface area contributed by atoms with Crippen molar-refractivity contribution in [1.29, 1.82) is 0 Å². The number of rotatable bonds is 3. The molecule has 0 spiro atoms. The molecular formula is C14H13Br2NO. The Bertz CT molecular complexity index is 510. The van der Waals surface area contributed by atoms with Gasteiger partial charge in [0.2, 0.25) is 0 Å². The first-order chi connectivity index (χ1) is 8.58. The highest BCUT2D eigenvalue weighted by Gasteiger charge is 2.19. The first kappa shape index (κ1) is 13.7. The zero-order valence-corrected chi connectivity index (χ0v) is 13.0. The van der Waals surface area contributed by atoms with Crippen LogP contribution < -0.4 is 0 Å². The maximum atomic E-state index is 10.4. The highest BCUT2D eigenvalue weighted by molar-refractivity contribution is 9.11. The topological polar surface area (TPSA) is 33.1 Å². The quantitative estimate of drug-likeness (QED) is 0.866. The third-order valence-electron chi connectivity index (χ3n) is 2.85. The fraction of sp³-hybridized carbons (Fsp3) is 0.214. The first-order valence-corrected chi connectivity index (χ1v) is 7.21. The van der Waals surface area contributed by atoms with Crippen molar-refractivity contribution in [1.82, 2.24) is 4.98 Å². The summed E-state index contributed by atoms with van der Waals surface area (Å²) in [5.41, 5.74) is 1.76. The van der Waals surface area contributed by atoms with E-state index in [0.717, 1.165) is 20.2 Å². The summed E-state index contributed by atoms with van der Waals surface area (Å²) in [5, 5.41) is 10.4. The molecule has 2 aromatic rings. The summed E-state index contributed by atoms with van der Waals surface area (Å²) in [6, 6.07) is 11.5. The van der Waals surface area contributed by atoms with Crippen molar-refractivity contribution < 1.29 is 5.11 Å². The third kappa shape index (κ3) is 3.19. The van der Waals surface area contributed by atoms with Gasteiger partial charge in [-0.2, -0.15) is 0 Å². The van der Waals surface area contributed by atoms with Gasteiger partial charge in [0.1, 0.15) is 0 Å². The molecule has 0 saturated carbocycles. The van der Waals surface area contributed by atoms with Gasteiger partial charge >= 0.3 is 0 Å². The Balaban J connectivity index is 2.28. The second-order valence-electron chi connectivity index (χ2n) is 4.19. The lowest BCUT2D eigenvalue weighted by molar-refractivity contribution is 0.150. The van der Waals surface area contributed by atoms with E-state index in [1.807, 2.05) is 43.3 Å². The van der Waals surface area contributed by atoms with Gasteiger partial charge in [0.05, 0.1) is 6.10 Å². The standard InChI is InChI=1S/C14H13Br2NO/c1-9(13-4-2-3-5-17-13)14(18)10-6-11(15)8-12(16)7-10/h2-9,14,18H,1H3. The largest absolute Gasteiger partial charge is 0.388 e. The number of aromatic nitrogens is 1. The van der Waals surface area contributed by atoms with Crippen LogP contribution in [0.25, 0.3) is 0 Å². The summed E-state index contributed by atoms with van der Waals surface area (Å²) in [6.45, 7) is 1.97. The summed E-state index contributed by atoms with van der Waals surface area (Å²) < 4.78 is 1.89. The zero-order chi connectivity index (χ0) is 13.1. The minimum atomic E-state index is -0.575. The predicted octanol–water partition coefficient (Wildman–Crippen LogP) is 4.44. The van der Waals surface area contributed by atoms with Gasteiger partial charge in [0.15, 0.2) is 0 Å². The zero-order valence-electron chi connectivity index (χ0n) is 9.85. The molecule has 94 valence electrons. The Morgan fingerprint density at radius 2 is 1.78 bits per heavy atom. The summed E-state index contributed by atoms with van der Waals surface area (Å²) in [5.74, 6) is -0.0487. The molecule has 0 saturated heterocycles. The maximum Gasteiger partial charge on any atom is 0.0871 e. The van der Waals surface area contributed by atoms with Crippen molar-refractivity contribution in [2.24, 2.45) is 0 Å². The average molecular weight is 371 g/mol. The second kappa shape index (κ2) is 5.95. The van der Waals surface area contributed by atoms with E-state index in [4.69, 9.17) is 0 Å². The molecule has 1 aromatic carbocycles. The molecule has 2 rings (SSSR count). The molecule has 4 heteroatoms. The van der Waals surface area contributed by atoms with Gasteiger partial charge in [-0.3, -0.25) is 4.98 Å². The van der Waals surface area contributed by atoms with Crippen LogP contribution in [0.15, 0.2) is 51.5 Å². The third-order valence-corrected chi connectivity index (χ3v) is 3.77. The van der Waals surface area contributed by atoms with Crippen LogP contribution >= 0.6 is 31.9 Å². The molecule has 0 amide bonds. The number of aliphatic hydroxyl groups excluding tert-OH is 1. The lowest BCUT2D eigenvalue weighted by atomic mass is 9.94. The van der Waals surface area contributed by atoms with Crippen LogP contribution in [0.3, 0.4) is 0 Å². The van der Waals surface area contributed by atoms with Gasteiger partial charge in [-0.1, -0.05) is 44.8 Å². The first-order valence-electron chi connectivity index (χ1n) is 5.63. The van der Waals surface area contributed by atoms with Crippen LogP contribution in [0.5, 0.6) is 0 Å². The maximum absolute atomic E-state index is 10.4. The number of hydrogen-bond acceptors (Lipinski definition) is 2. The minimum absolute atomic E-state index is 0.0487. The Hall–Kier alpha value is -0.710. The molecule has 2 nitrogen and oxygen atoms in total. The predicted molar refractivity (Wildman–Crippen MR) is 79.5 cm³/mol. The van der Waals surface area contributed by atoms with E-state index in [1.165, 1.54) is 0 Å². The van der Waals surface area contributed by atoms with Gasteiger partial charge in [-0.05, 0) is 35.9 Å². The fourth-order valence-electron chi connectivity index (χ4n) is 1.84. The van der Waals surface area contributed by atoms with E-state index in [0.29, 0.717) is 0 Å². The van der Waals surface area contributed by atoms with Crippen molar-refractivity contribution in [2.45, 2.75) is 18.9 Å². The lowest BCUT2D eigenvalue weighted by Crippen LogP contribution is -2.09. The Morgan fingerprint density at radius 1 is 1.11 bits per heavy atom. The number of halogens is 2. The average Bonchev–Trinajstić information content (AvgIpc) is 2.37. The van der Waals surface area contributed by atoms with E-state index < -0.39 is 6.10 Å². The number of aliphatic hydroxyl groups is 1. The van der Waals surface area contributed by atoms with Crippen molar-refractivity contribution in [2.75, 3.05) is 0 Å². The van der Waals surface area contributed by atoms with Gasteiger partial charge in [-0.15, -0.1) is 0 Å². The molecule has 0 bridgehead atoms. The van der Waals surface area contributed by atoms with Crippen molar-refractivity contribution in [3.8, 4) is 0 Å². The summed E-state index contributed by atoms with van der Waals surface area (Å²) in [4.78, 5) is 4.29. The van der Waals surface area contributed by atoms with Gasteiger partial charge in [0, 0.05) is 26.8 Å². The fourth-order valence-corrected chi connectivity index (χ4v) is 3.17. The molecule has 0 radical (unpaired) electrons. The number of pyridine rings is 1. The molecule has 2 atom stereocenters. The van der Waals surface area contributed by atoms with E-state index in [1.54, 1.807) is 6.20 Å². The van der Waals surface area contributed by atoms with Crippen molar-refractivity contribution >= 4 is 31.9 Å². The number of nitrogens with zero attached hydrogens (tertiary/aromatic N) is 1. The number of hydrogen-bond donors (Lipinski definition) is 1. The Morgan fingerprint density at radius 3 is 2.33 bits per heavy atom. The molecule has 0 aliphatic carbocycles. The second-order valence-corrected chi connectivity index (χ2v) is 6.02. The van der Waals surface area contributed by atoms with Crippen LogP contribution in [-0.4, -0.2) is 10.1 Å². The Kier molecular flexibility index (Phi) is 4.54. The summed E-state index contributed by atoms with van der Waals surface area (Å²) in [6.07, 6.45) is 1.17. The summed E-state index contributed by atoms with van der Waals surface area (Å²) >= 11 is 6.86. The molecule has 2 unspecified atom stereocenters. The molecular weight excluding hydrogens is 358 g/mol. The van der Waals surface area contributed by atoms with Gasteiger partial charge < -0.3 is 5.11 Å². The normalized spacial score (nSPS) is 14.2. The van der Waals surface area contributed by atoms with Crippen LogP contribution in [0.4, 0.5) is 0 Å². The van der Waals surface area contributed by atoms with Crippen molar-refractivity contribution in [3.05, 3.63) is 62.8 Å². The van der Waals surface area contributed by atoms with Gasteiger partial charge in [0.25, 0.3) is 0 Å². The molecule has 1 heterocycles. The lowest BCUT2D eigenvalue weighted by Gasteiger charge is -2.19. The van der Waals surface area contributed by atoms with Crippen LogP contribution in [0.1, 0.15) is 30.2 Å². The van der Waals surface area contributed by atoms with E-state index in [2.05, 4.69) is 36.8 Å². The SMILES string of the molecule is CC(c1ccccn1)C(O)c1cc(Br)cc(Br)c1. The monoisotopic (exact) mass is 369 g/mol. The molecule has 18 heavy (non-hydrogen) atoms. The number of benzene rings is 1. The van der Waals surface area contributed by atoms with Gasteiger partial charge in [-0.25, -0.2) is 0 Å². The molecule has 0 aliphatic rings. The van der Waals surface area contributed by atoms with Crippen LogP contribution in [0.2, 0.25) is 0 Å². The highest BCUT2D eigenvalue weighted by Crippen LogP contribution is 2.32. The molecule has 0 aliphatic heterocycles. The van der Waals surface area contributed by atoms with Crippen molar-refractivity contribution in [3.63, 3.8) is 0 Å². The van der Waals surface area contributed by atoms with E-state index >= 15 is 0 Å².